The minimum Gasteiger partial charge on any atom is -0.507 e. The number of aromatic nitrogens is 2. The van der Waals surface area contributed by atoms with Gasteiger partial charge in [0.05, 0.1) is 16.7 Å². The Balaban J connectivity index is 2.19. The van der Waals surface area contributed by atoms with E-state index < -0.39 is 0 Å². The summed E-state index contributed by atoms with van der Waals surface area (Å²) in [4.78, 5) is 19.7. The molecule has 0 saturated heterocycles. The van der Waals surface area contributed by atoms with E-state index in [1.54, 1.807) is 42.7 Å². The van der Waals surface area contributed by atoms with Crippen molar-refractivity contribution in [1.29, 1.82) is 0 Å². The van der Waals surface area contributed by atoms with Gasteiger partial charge in [0.15, 0.2) is 5.78 Å². The Morgan fingerprint density at radius 3 is 2.57 bits per heavy atom. The number of Topliss-reactive ketones (excluding diaryl/α,β-unsaturated/α-hetero) is 1. The van der Waals surface area contributed by atoms with Crippen LogP contribution in [0.2, 0.25) is 0 Å². The maximum Gasteiger partial charge on any atom is 0.163 e. The molecule has 0 unspecified atom stereocenters. The molecule has 104 valence electrons. The molecule has 0 amide bonds. The third-order valence-corrected chi connectivity index (χ3v) is 3.11. The molecule has 0 fully saturated rings. The summed E-state index contributed by atoms with van der Waals surface area (Å²) in [6.45, 7) is 1.46. The van der Waals surface area contributed by atoms with Crippen molar-refractivity contribution in [2.24, 2.45) is 0 Å². The number of carbonyl (C=O) groups is 1. The summed E-state index contributed by atoms with van der Waals surface area (Å²) in [5.41, 5.74) is 1.56. The normalized spacial score (nSPS) is 10.5. The highest BCUT2D eigenvalue weighted by molar-refractivity contribution is 6.01. The highest BCUT2D eigenvalue weighted by atomic mass is 16.3. The Labute approximate surface area is 120 Å². The highest BCUT2D eigenvalue weighted by Crippen LogP contribution is 2.36. The van der Waals surface area contributed by atoms with Crippen LogP contribution in [0.1, 0.15) is 17.3 Å². The number of hydrogen-bond acceptors (Lipinski definition) is 5. The molecule has 2 heterocycles. The predicted molar refractivity (Wildman–Crippen MR) is 76.8 cm³/mol. The first-order valence-electron chi connectivity index (χ1n) is 6.35. The van der Waals surface area contributed by atoms with Crippen molar-refractivity contribution in [2.75, 3.05) is 0 Å². The SMILES string of the molecule is CC(=O)c1cc(-c2cncnc2)oc1-c1ccccc1O. The van der Waals surface area contributed by atoms with Gasteiger partial charge in [-0.15, -0.1) is 0 Å². The Bertz CT molecular complexity index is 794. The number of rotatable bonds is 3. The van der Waals surface area contributed by atoms with Crippen LogP contribution in [0.25, 0.3) is 22.6 Å². The molecule has 0 radical (unpaired) electrons. The topological polar surface area (TPSA) is 76.2 Å². The van der Waals surface area contributed by atoms with Crippen molar-refractivity contribution in [1.82, 2.24) is 9.97 Å². The number of phenolic OH excluding ortho intramolecular Hbond substituents is 1. The maximum absolute atomic E-state index is 11.8. The number of phenols is 1. The Kier molecular flexibility index (Phi) is 3.23. The molecule has 5 heteroatoms. The second-order valence-electron chi connectivity index (χ2n) is 4.55. The van der Waals surface area contributed by atoms with E-state index in [2.05, 4.69) is 9.97 Å². The van der Waals surface area contributed by atoms with E-state index in [9.17, 15) is 9.90 Å². The summed E-state index contributed by atoms with van der Waals surface area (Å²) in [6.07, 6.45) is 4.62. The predicted octanol–water partition coefficient (Wildman–Crippen LogP) is 3.31. The lowest BCUT2D eigenvalue weighted by Gasteiger charge is -2.02. The zero-order chi connectivity index (χ0) is 14.8. The van der Waals surface area contributed by atoms with E-state index in [0.717, 1.165) is 0 Å². The molecule has 3 aromatic rings. The minimum atomic E-state index is -0.139. The van der Waals surface area contributed by atoms with Crippen LogP contribution in [0.15, 0.2) is 53.5 Å². The Hall–Kier alpha value is -2.95. The van der Waals surface area contributed by atoms with Gasteiger partial charge in [-0.2, -0.15) is 0 Å². The highest BCUT2D eigenvalue weighted by Gasteiger charge is 2.19. The van der Waals surface area contributed by atoms with Crippen LogP contribution in [0.3, 0.4) is 0 Å². The quantitative estimate of drug-likeness (QED) is 0.745. The lowest BCUT2D eigenvalue weighted by Crippen LogP contribution is -1.91. The van der Waals surface area contributed by atoms with Crippen molar-refractivity contribution < 1.29 is 14.3 Å². The van der Waals surface area contributed by atoms with E-state index in [1.165, 1.54) is 13.3 Å². The molecular weight excluding hydrogens is 268 g/mol. The van der Waals surface area contributed by atoms with Crippen molar-refractivity contribution in [3.8, 4) is 28.4 Å². The molecular formula is C16H12N2O3. The van der Waals surface area contributed by atoms with Gasteiger partial charge in [-0.3, -0.25) is 4.79 Å². The number of hydrogen-bond donors (Lipinski definition) is 1. The smallest absolute Gasteiger partial charge is 0.163 e. The number of benzene rings is 1. The summed E-state index contributed by atoms with van der Waals surface area (Å²) in [5, 5.41) is 9.95. The monoisotopic (exact) mass is 280 g/mol. The van der Waals surface area contributed by atoms with Gasteiger partial charge in [0.1, 0.15) is 23.6 Å². The van der Waals surface area contributed by atoms with Gasteiger partial charge in [0.2, 0.25) is 0 Å². The average Bonchev–Trinajstić information content (AvgIpc) is 2.94. The van der Waals surface area contributed by atoms with E-state index in [-0.39, 0.29) is 11.5 Å². The number of aromatic hydroxyl groups is 1. The molecule has 1 aromatic carbocycles. The third kappa shape index (κ3) is 2.41. The van der Waals surface area contributed by atoms with Crippen LogP contribution < -0.4 is 0 Å². The summed E-state index contributed by atoms with van der Waals surface area (Å²) in [6, 6.07) is 8.37. The van der Waals surface area contributed by atoms with Gasteiger partial charge < -0.3 is 9.52 Å². The molecule has 0 aliphatic rings. The summed E-state index contributed by atoms with van der Waals surface area (Å²) >= 11 is 0. The first-order chi connectivity index (χ1) is 10.2. The lowest BCUT2D eigenvalue weighted by atomic mass is 10.1. The number of carbonyl (C=O) groups excluding carboxylic acids is 1. The zero-order valence-corrected chi connectivity index (χ0v) is 11.3. The molecule has 0 aliphatic carbocycles. The molecule has 0 aliphatic heterocycles. The van der Waals surface area contributed by atoms with Crippen molar-refractivity contribution in [3.63, 3.8) is 0 Å². The second kappa shape index (κ2) is 5.20. The average molecular weight is 280 g/mol. The van der Waals surface area contributed by atoms with Crippen LogP contribution in [-0.4, -0.2) is 20.9 Å². The minimum absolute atomic E-state index is 0.0604. The van der Waals surface area contributed by atoms with E-state index in [0.29, 0.717) is 28.2 Å². The fraction of sp³-hybridized carbons (Fsp3) is 0.0625. The first kappa shape index (κ1) is 13.1. The Morgan fingerprint density at radius 1 is 1.19 bits per heavy atom. The summed E-state index contributed by atoms with van der Waals surface area (Å²) in [7, 11) is 0. The number of nitrogens with zero attached hydrogens (tertiary/aromatic N) is 2. The van der Waals surface area contributed by atoms with Gasteiger partial charge in [-0.05, 0) is 25.1 Å². The fourth-order valence-corrected chi connectivity index (χ4v) is 2.09. The number of furan rings is 1. The van der Waals surface area contributed by atoms with Gasteiger partial charge in [-0.1, -0.05) is 12.1 Å². The molecule has 3 rings (SSSR count). The van der Waals surface area contributed by atoms with Crippen LogP contribution in [0.5, 0.6) is 5.75 Å². The van der Waals surface area contributed by atoms with Crippen LogP contribution in [0, 0.1) is 0 Å². The molecule has 0 spiro atoms. The number of ketones is 1. The zero-order valence-electron chi connectivity index (χ0n) is 11.3. The van der Waals surface area contributed by atoms with Gasteiger partial charge in [0.25, 0.3) is 0 Å². The lowest BCUT2D eigenvalue weighted by molar-refractivity contribution is 0.101. The van der Waals surface area contributed by atoms with Crippen molar-refractivity contribution >= 4 is 5.78 Å². The fourth-order valence-electron chi connectivity index (χ4n) is 2.09. The molecule has 2 aromatic heterocycles. The Morgan fingerprint density at radius 2 is 1.90 bits per heavy atom. The molecule has 1 N–H and O–H groups in total. The molecule has 5 nitrogen and oxygen atoms in total. The van der Waals surface area contributed by atoms with Crippen molar-refractivity contribution in [3.05, 3.63) is 54.6 Å². The van der Waals surface area contributed by atoms with E-state index >= 15 is 0 Å². The molecule has 0 bridgehead atoms. The van der Waals surface area contributed by atoms with Crippen LogP contribution in [0.4, 0.5) is 0 Å². The van der Waals surface area contributed by atoms with Crippen LogP contribution in [-0.2, 0) is 0 Å². The van der Waals surface area contributed by atoms with Gasteiger partial charge in [-0.25, -0.2) is 9.97 Å². The summed E-state index contributed by atoms with van der Waals surface area (Å²) < 4.78 is 5.77. The third-order valence-electron chi connectivity index (χ3n) is 3.11. The van der Waals surface area contributed by atoms with Crippen molar-refractivity contribution in [2.45, 2.75) is 6.92 Å². The van der Waals surface area contributed by atoms with E-state index in [4.69, 9.17) is 4.42 Å². The largest absolute Gasteiger partial charge is 0.507 e. The standard InChI is InChI=1S/C16H12N2O3/c1-10(19)13-6-15(11-7-17-9-18-8-11)21-16(13)12-4-2-3-5-14(12)20/h2-9,20H,1H3. The number of para-hydroxylation sites is 1. The second-order valence-corrected chi connectivity index (χ2v) is 4.55. The van der Waals surface area contributed by atoms with E-state index in [1.807, 2.05) is 0 Å². The molecule has 21 heavy (non-hydrogen) atoms. The van der Waals surface area contributed by atoms with Crippen LogP contribution >= 0.6 is 0 Å². The first-order valence-corrected chi connectivity index (χ1v) is 6.35. The van der Waals surface area contributed by atoms with Gasteiger partial charge >= 0.3 is 0 Å². The van der Waals surface area contributed by atoms with Gasteiger partial charge in [0, 0.05) is 12.4 Å². The molecule has 0 atom stereocenters. The summed E-state index contributed by atoms with van der Waals surface area (Å²) in [5.74, 6) is 0.754. The molecule has 0 saturated carbocycles. The maximum atomic E-state index is 11.8.